The first-order valence-corrected chi connectivity index (χ1v) is 5.67. The van der Waals surface area contributed by atoms with Gasteiger partial charge in [-0.1, -0.05) is 6.07 Å². The minimum atomic E-state index is -0.661. The third-order valence-corrected chi connectivity index (χ3v) is 2.62. The predicted molar refractivity (Wildman–Crippen MR) is 69.9 cm³/mol. The average Bonchev–Trinajstić information content (AvgIpc) is 2.41. The number of benzene rings is 1. The molecule has 98 valence electrons. The van der Waals surface area contributed by atoms with Crippen LogP contribution in [0.25, 0.3) is 0 Å². The summed E-state index contributed by atoms with van der Waals surface area (Å²) in [6.07, 6.45) is 2.37. The zero-order valence-electron chi connectivity index (χ0n) is 10.6. The lowest BCUT2D eigenvalue weighted by Crippen LogP contribution is -2.14. The van der Waals surface area contributed by atoms with Crippen molar-refractivity contribution in [2.24, 2.45) is 0 Å². The van der Waals surface area contributed by atoms with E-state index in [1.54, 1.807) is 12.1 Å². The SMILES string of the molecule is COc1cc(C)ccc1NC(=O)c1ccncc1F. The first-order chi connectivity index (χ1) is 9.11. The minimum Gasteiger partial charge on any atom is -0.495 e. The monoisotopic (exact) mass is 260 g/mol. The molecular formula is C14H13FN2O2. The van der Waals surface area contributed by atoms with Crippen LogP contribution in [0.15, 0.2) is 36.7 Å². The van der Waals surface area contributed by atoms with Gasteiger partial charge >= 0.3 is 0 Å². The number of hydrogen-bond donors (Lipinski definition) is 1. The molecule has 0 atom stereocenters. The number of nitrogens with zero attached hydrogens (tertiary/aromatic N) is 1. The van der Waals surface area contributed by atoms with Crippen LogP contribution in [0.3, 0.4) is 0 Å². The number of hydrogen-bond acceptors (Lipinski definition) is 3. The number of halogens is 1. The predicted octanol–water partition coefficient (Wildman–Crippen LogP) is 2.79. The summed E-state index contributed by atoms with van der Waals surface area (Å²) >= 11 is 0. The highest BCUT2D eigenvalue weighted by Gasteiger charge is 2.13. The molecule has 0 bridgehead atoms. The quantitative estimate of drug-likeness (QED) is 0.923. The van der Waals surface area contributed by atoms with Gasteiger partial charge in [0.05, 0.1) is 24.6 Å². The highest BCUT2D eigenvalue weighted by Crippen LogP contribution is 2.25. The fourth-order valence-corrected chi connectivity index (χ4v) is 1.65. The van der Waals surface area contributed by atoms with Crippen LogP contribution in [0.5, 0.6) is 5.75 Å². The van der Waals surface area contributed by atoms with Crippen molar-refractivity contribution in [1.29, 1.82) is 0 Å². The van der Waals surface area contributed by atoms with Crippen molar-refractivity contribution < 1.29 is 13.9 Å². The summed E-state index contributed by atoms with van der Waals surface area (Å²) < 4.78 is 18.6. The molecule has 1 aromatic heterocycles. The molecule has 0 aliphatic heterocycles. The van der Waals surface area contributed by atoms with E-state index in [9.17, 15) is 9.18 Å². The average molecular weight is 260 g/mol. The topological polar surface area (TPSA) is 51.2 Å². The Kier molecular flexibility index (Phi) is 3.75. The number of aromatic nitrogens is 1. The summed E-state index contributed by atoms with van der Waals surface area (Å²) in [4.78, 5) is 15.6. The van der Waals surface area contributed by atoms with E-state index in [4.69, 9.17) is 4.74 Å². The lowest BCUT2D eigenvalue weighted by molar-refractivity contribution is 0.102. The molecule has 19 heavy (non-hydrogen) atoms. The molecule has 0 fully saturated rings. The molecule has 0 aliphatic carbocycles. The molecule has 1 amide bonds. The zero-order chi connectivity index (χ0) is 13.8. The van der Waals surface area contributed by atoms with E-state index in [-0.39, 0.29) is 5.56 Å². The Labute approximate surface area is 110 Å². The van der Waals surface area contributed by atoms with Gasteiger partial charge in [-0.15, -0.1) is 0 Å². The first kappa shape index (κ1) is 13.0. The van der Waals surface area contributed by atoms with Crippen LogP contribution in [-0.4, -0.2) is 18.0 Å². The zero-order valence-corrected chi connectivity index (χ0v) is 10.6. The molecule has 0 radical (unpaired) electrons. The molecule has 4 nitrogen and oxygen atoms in total. The van der Waals surface area contributed by atoms with Crippen molar-refractivity contribution in [1.82, 2.24) is 4.98 Å². The third-order valence-electron chi connectivity index (χ3n) is 2.62. The number of carbonyl (C=O) groups is 1. The number of aryl methyl sites for hydroxylation is 1. The molecule has 0 saturated heterocycles. The Morgan fingerprint density at radius 3 is 2.84 bits per heavy atom. The number of nitrogens with one attached hydrogen (secondary N) is 1. The molecule has 1 N–H and O–H groups in total. The van der Waals surface area contributed by atoms with E-state index in [1.807, 2.05) is 13.0 Å². The van der Waals surface area contributed by atoms with Crippen LogP contribution in [0, 0.1) is 12.7 Å². The summed E-state index contributed by atoms with van der Waals surface area (Å²) in [6.45, 7) is 1.91. The van der Waals surface area contributed by atoms with E-state index in [0.29, 0.717) is 11.4 Å². The summed E-state index contributed by atoms with van der Waals surface area (Å²) in [5.41, 5.74) is 1.44. The van der Waals surface area contributed by atoms with Gasteiger partial charge in [0.25, 0.3) is 5.91 Å². The van der Waals surface area contributed by atoms with Crippen molar-refractivity contribution in [2.75, 3.05) is 12.4 Å². The van der Waals surface area contributed by atoms with Crippen molar-refractivity contribution in [2.45, 2.75) is 6.92 Å². The second-order valence-corrected chi connectivity index (χ2v) is 4.01. The second kappa shape index (κ2) is 5.48. The maximum absolute atomic E-state index is 13.4. The van der Waals surface area contributed by atoms with Crippen LogP contribution in [0.2, 0.25) is 0 Å². The molecule has 0 spiro atoms. The molecule has 5 heteroatoms. The summed E-state index contributed by atoms with van der Waals surface area (Å²) in [7, 11) is 1.51. The smallest absolute Gasteiger partial charge is 0.258 e. The van der Waals surface area contributed by atoms with Crippen LogP contribution < -0.4 is 10.1 Å². The maximum Gasteiger partial charge on any atom is 0.258 e. The number of amides is 1. The Balaban J connectivity index is 2.27. The fraction of sp³-hybridized carbons (Fsp3) is 0.143. The normalized spacial score (nSPS) is 10.1. The van der Waals surface area contributed by atoms with E-state index in [0.717, 1.165) is 11.8 Å². The van der Waals surface area contributed by atoms with Gasteiger partial charge in [-0.25, -0.2) is 4.39 Å². The van der Waals surface area contributed by atoms with Gasteiger partial charge in [0.2, 0.25) is 0 Å². The van der Waals surface area contributed by atoms with Gasteiger partial charge in [0.15, 0.2) is 5.82 Å². The molecule has 2 rings (SSSR count). The van der Waals surface area contributed by atoms with Crippen LogP contribution in [-0.2, 0) is 0 Å². The van der Waals surface area contributed by atoms with E-state index >= 15 is 0 Å². The number of carbonyl (C=O) groups excluding carboxylic acids is 1. The highest BCUT2D eigenvalue weighted by atomic mass is 19.1. The number of ether oxygens (including phenoxy) is 1. The van der Waals surface area contributed by atoms with Gasteiger partial charge in [0.1, 0.15) is 5.75 Å². The molecule has 1 aromatic carbocycles. The first-order valence-electron chi connectivity index (χ1n) is 5.67. The van der Waals surface area contributed by atoms with Crippen molar-refractivity contribution in [3.63, 3.8) is 0 Å². The Morgan fingerprint density at radius 1 is 1.37 bits per heavy atom. The lowest BCUT2D eigenvalue weighted by atomic mass is 10.2. The largest absolute Gasteiger partial charge is 0.495 e. The van der Waals surface area contributed by atoms with Crippen LogP contribution in [0.4, 0.5) is 10.1 Å². The minimum absolute atomic E-state index is 0.0578. The van der Waals surface area contributed by atoms with Gasteiger partial charge < -0.3 is 10.1 Å². The van der Waals surface area contributed by atoms with E-state index in [1.165, 1.54) is 19.4 Å². The van der Waals surface area contributed by atoms with Gasteiger partial charge in [-0.2, -0.15) is 0 Å². The molecule has 2 aromatic rings. The number of rotatable bonds is 3. The lowest BCUT2D eigenvalue weighted by Gasteiger charge is -2.11. The summed E-state index contributed by atoms with van der Waals surface area (Å²) in [6, 6.07) is 6.66. The van der Waals surface area contributed by atoms with Crippen LogP contribution >= 0.6 is 0 Å². The van der Waals surface area contributed by atoms with E-state index in [2.05, 4.69) is 10.3 Å². The van der Waals surface area contributed by atoms with Crippen molar-refractivity contribution in [3.05, 3.63) is 53.6 Å². The Bertz CT molecular complexity index is 614. The summed E-state index contributed by atoms with van der Waals surface area (Å²) in [5, 5.41) is 2.61. The molecular weight excluding hydrogens is 247 g/mol. The second-order valence-electron chi connectivity index (χ2n) is 4.01. The number of methoxy groups -OCH3 is 1. The molecule has 1 heterocycles. The van der Waals surface area contributed by atoms with Gasteiger partial charge in [-0.05, 0) is 30.7 Å². The number of pyridine rings is 1. The Morgan fingerprint density at radius 2 is 2.16 bits per heavy atom. The third kappa shape index (κ3) is 2.88. The van der Waals surface area contributed by atoms with Gasteiger partial charge in [-0.3, -0.25) is 9.78 Å². The summed E-state index contributed by atoms with van der Waals surface area (Å²) in [5.74, 6) is -0.670. The van der Waals surface area contributed by atoms with E-state index < -0.39 is 11.7 Å². The van der Waals surface area contributed by atoms with Crippen LogP contribution in [0.1, 0.15) is 15.9 Å². The maximum atomic E-state index is 13.4. The van der Waals surface area contributed by atoms with Crippen molar-refractivity contribution >= 4 is 11.6 Å². The molecule has 0 aliphatic rings. The molecule has 0 unspecified atom stereocenters. The molecule has 0 saturated carbocycles. The van der Waals surface area contributed by atoms with Gasteiger partial charge in [0, 0.05) is 6.20 Å². The fourth-order valence-electron chi connectivity index (χ4n) is 1.65. The standard InChI is InChI=1S/C14H13FN2O2/c1-9-3-4-12(13(7-9)19-2)17-14(18)10-5-6-16-8-11(10)15/h3-8H,1-2H3,(H,17,18). The Hall–Kier alpha value is -2.43. The van der Waals surface area contributed by atoms with Crippen molar-refractivity contribution in [3.8, 4) is 5.75 Å². The highest BCUT2D eigenvalue weighted by molar-refractivity contribution is 6.05. The number of anilines is 1.